The number of hydrogen-bond donors (Lipinski definition) is 0. The first kappa shape index (κ1) is 19.4. The second kappa shape index (κ2) is 8.19. The smallest absolute Gasteiger partial charge is 0.311 e. The first-order chi connectivity index (χ1) is 14.5. The lowest BCUT2D eigenvalue weighted by molar-refractivity contribution is -0.384. The lowest BCUT2D eigenvalue weighted by Crippen LogP contribution is -2.16. The van der Waals surface area contributed by atoms with Gasteiger partial charge in [0.1, 0.15) is 13.2 Å². The number of rotatable bonds is 6. The lowest BCUT2D eigenvalue weighted by Gasteiger charge is -2.18. The molecule has 0 fully saturated rings. The molecule has 0 aliphatic carbocycles. The molecule has 10 heteroatoms. The Morgan fingerprint density at radius 2 is 1.87 bits per heavy atom. The van der Waals surface area contributed by atoms with Gasteiger partial charge in [-0.15, -0.1) is 10.2 Å². The van der Waals surface area contributed by atoms with Crippen LogP contribution in [0.4, 0.5) is 5.69 Å². The Kier molecular flexibility index (Phi) is 5.29. The normalized spacial score (nSPS) is 13.5. The molecule has 4 rings (SSSR count). The molecule has 0 spiro atoms. The molecule has 2 heterocycles. The number of nitro groups is 1. The van der Waals surface area contributed by atoms with Crippen LogP contribution in [0.25, 0.3) is 11.5 Å². The predicted octanol–water partition coefficient (Wildman–Crippen LogP) is 3.26. The number of fused-ring (bicyclic) bond motifs is 1. The molecule has 3 aromatic rings. The summed E-state index contributed by atoms with van der Waals surface area (Å²) < 4.78 is 21.9. The van der Waals surface area contributed by atoms with Crippen LogP contribution in [0, 0.1) is 10.1 Å². The molecule has 10 nitrogen and oxygen atoms in total. The minimum absolute atomic E-state index is 0.0417. The van der Waals surface area contributed by atoms with Crippen molar-refractivity contribution in [3.63, 3.8) is 0 Å². The van der Waals surface area contributed by atoms with Crippen molar-refractivity contribution in [1.82, 2.24) is 10.2 Å². The summed E-state index contributed by atoms with van der Waals surface area (Å²) in [7, 11) is 0. The highest BCUT2D eigenvalue weighted by Gasteiger charge is 2.20. The van der Waals surface area contributed by atoms with Gasteiger partial charge in [-0.3, -0.25) is 14.9 Å². The summed E-state index contributed by atoms with van der Waals surface area (Å²) in [6, 6.07) is 11.0. The molecule has 0 amide bonds. The van der Waals surface area contributed by atoms with Crippen LogP contribution in [0.3, 0.4) is 0 Å². The molecule has 0 bridgehead atoms. The van der Waals surface area contributed by atoms with Crippen molar-refractivity contribution in [2.45, 2.75) is 19.4 Å². The van der Waals surface area contributed by atoms with E-state index >= 15 is 0 Å². The Labute approximate surface area is 170 Å². The summed E-state index contributed by atoms with van der Waals surface area (Å²) in [5.41, 5.74) is 1.21. The monoisotopic (exact) mass is 411 g/mol. The van der Waals surface area contributed by atoms with Crippen LogP contribution in [-0.4, -0.2) is 34.3 Å². The zero-order valence-corrected chi connectivity index (χ0v) is 15.9. The lowest BCUT2D eigenvalue weighted by atomic mass is 10.1. The standard InChI is InChI=1S/C20H17N3O7/c1-12(19-21-22-20(30-19)14-3-5-15(6-4-14)23(25)26)29-18(24)11-13-2-7-16-17(10-13)28-9-8-27-16/h2-7,10,12H,8-9,11H2,1H3/t12-/m1/s1. The summed E-state index contributed by atoms with van der Waals surface area (Å²) >= 11 is 0. The van der Waals surface area contributed by atoms with E-state index in [0.29, 0.717) is 30.3 Å². The first-order valence-corrected chi connectivity index (χ1v) is 9.16. The van der Waals surface area contributed by atoms with Crippen LogP contribution < -0.4 is 9.47 Å². The third kappa shape index (κ3) is 4.22. The molecule has 0 radical (unpaired) electrons. The Morgan fingerprint density at radius 3 is 2.60 bits per heavy atom. The van der Waals surface area contributed by atoms with Gasteiger partial charge in [-0.2, -0.15) is 0 Å². The van der Waals surface area contributed by atoms with Crippen molar-refractivity contribution in [3.05, 3.63) is 64.0 Å². The molecule has 30 heavy (non-hydrogen) atoms. The fraction of sp³-hybridized carbons (Fsp3) is 0.250. The van der Waals surface area contributed by atoms with Crippen LogP contribution in [-0.2, 0) is 16.0 Å². The third-order valence-electron chi connectivity index (χ3n) is 4.38. The number of non-ortho nitro benzene ring substituents is 1. The third-order valence-corrected chi connectivity index (χ3v) is 4.38. The minimum Gasteiger partial charge on any atom is -0.486 e. The summed E-state index contributed by atoms with van der Waals surface area (Å²) in [6.07, 6.45) is -0.710. The van der Waals surface area contributed by atoms with E-state index in [4.69, 9.17) is 18.6 Å². The number of carbonyl (C=O) groups excluding carboxylic acids is 1. The average molecular weight is 411 g/mol. The van der Waals surface area contributed by atoms with Crippen molar-refractivity contribution >= 4 is 11.7 Å². The van der Waals surface area contributed by atoms with Crippen molar-refractivity contribution in [2.75, 3.05) is 13.2 Å². The summed E-state index contributed by atoms with van der Waals surface area (Å²) in [5, 5.41) is 18.6. The maximum absolute atomic E-state index is 12.3. The van der Waals surface area contributed by atoms with Crippen LogP contribution in [0.1, 0.15) is 24.5 Å². The second-order valence-electron chi connectivity index (χ2n) is 6.54. The minimum atomic E-state index is -0.756. The van der Waals surface area contributed by atoms with E-state index in [0.717, 1.165) is 5.56 Å². The number of benzene rings is 2. The summed E-state index contributed by atoms with van der Waals surface area (Å²) in [5.74, 6) is 1.09. The van der Waals surface area contributed by atoms with Crippen LogP contribution >= 0.6 is 0 Å². The Bertz CT molecular complexity index is 1080. The van der Waals surface area contributed by atoms with Crippen molar-refractivity contribution in [3.8, 4) is 23.0 Å². The first-order valence-electron chi connectivity index (χ1n) is 9.16. The highest BCUT2D eigenvalue weighted by Crippen LogP contribution is 2.31. The van der Waals surface area contributed by atoms with Gasteiger partial charge in [0.25, 0.3) is 11.6 Å². The quantitative estimate of drug-likeness (QED) is 0.341. The zero-order valence-electron chi connectivity index (χ0n) is 15.9. The molecule has 0 saturated heterocycles. The molecule has 1 atom stereocenters. The van der Waals surface area contributed by atoms with Crippen molar-refractivity contribution in [2.24, 2.45) is 0 Å². The van der Waals surface area contributed by atoms with Gasteiger partial charge >= 0.3 is 5.97 Å². The highest BCUT2D eigenvalue weighted by atomic mass is 16.6. The molecular weight excluding hydrogens is 394 g/mol. The molecular formula is C20H17N3O7. The number of nitrogens with zero attached hydrogens (tertiary/aromatic N) is 3. The molecule has 1 aliphatic heterocycles. The summed E-state index contributed by atoms with van der Waals surface area (Å²) in [6.45, 7) is 2.58. The van der Waals surface area contributed by atoms with Gasteiger partial charge in [-0.1, -0.05) is 6.07 Å². The fourth-order valence-corrected chi connectivity index (χ4v) is 2.89. The predicted molar refractivity (Wildman–Crippen MR) is 102 cm³/mol. The molecule has 0 unspecified atom stereocenters. The van der Waals surface area contributed by atoms with Crippen LogP contribution in [0.2, 0.25) is 0 Å². The number of esters is 1. The topological polar surface area (TPSA) is 127 Å². The largest absolute Gasteiger partial charge is 0.486 e. The number of ether oxygens (including phenoxy) is 3. The summed E-state index contributed by atoms with van der Waals surface area (Å²) in [4.78, 5) is 22.5. The van der Waals surface area contributed by atoms with E-state index in [9.17, 15) is 14.9 Å². The maximum Gasteiger partial charge on any atom is 0.311 e. The Morgan fingerprint density at radius 1 is 1.13 bits per heavy atom. The Hall–Kier alpha value is -3.95. The molecule has 154 valence electrons. The molecule has 2 aromatic carbocycles. The van der Waals surface area contributed by atoms with E-state index in [-0.39, 0.29) is 23.9 Å². The van der Waals surface area contributed by atoms with Crippen LogP contribution in [0.5, 0.6) is 11.5 Å². The van der Waals surface area contributed by atoms with Gasteiger partial charge < -0.3 is 18.6 Å². The van der Waals surface area contributed by atoms with Gasteiger partial charge in [0, 0.05) is 17.7 Å². The van der Waals surface area contributed by atoms with E-state index < -0.39 is 17.0 Å². The van der Waals surface area contributed by atoms with Gasteiger partial charge in [0.2, 0.25) is 5.89 Å². The number of nitro benzene ring substituents is 1. The van der Waals surface area contributed by atoms with Crippen LogP contribution in [0.15, 0.2) is 46.9 Å². The Balaban J connectivity index is 1.38. The van der Waals surface area contributed by atoms with Crippen molar-refractivity contribution < 1.29 is 28.3 Å². The fourth-order valence-electron chi connectivity index (χ4n) is 2.89. The molecule has 1 aliphatic rings. The molecule has 0 N–H and O–H groups in total. The highest BCUT2D eigenvalue weighted by molar-refractivity contribution is 5.73. The molecule has 0 saturated carbocycles. The van der Waals surface area contributed by atoms with E-state index in [2.05, 4.69) is 10.2 Å². The van der Waals surface area contributed by atoms with Crippen molar-refractivity contribution in [1.29, 1.82) is 0 Å². The SMILES string of the molecule is C[C@@H](OC(=O)Cc1ccc2c(c1)OCCO2)c1nnc(-c2ccc([N+](=O)[O-])cc2)o1. The van der Waals surface area contributed by atoms with E-state index in [1.165, 1.54) is 24.3 Å². The average Bonchev–Trinajstić information content (AvgIpc) is 3.24. The number of carbonyl (C=O) groups is 1. The molecule has 1 aromatic heterocycles. The van der Waals surface area contributed by atoms with Gasteiger partial charge in [-0.25, -0.2) is 0 Å². The zero-order chi connectivity index (χ0) is 21.1. The van der Waals surface area contributed by atoms with Gasteiger partial charge in [0.05, 0.1) is 11.3 Å². The second-order valence-corrected chi connectivity index (χ2v) is 6.54. The van der Waals surface area contributed by atoms with Gasteiger partial charge in [0.15, 0.2) is 17.6 Å². The number of hydrogen-bond acceptors (Lipinski definition) is 9. The van der Waals surface area contributed by atoms with E-state index in [1.807, 2.05) is 0 Å². The maximum atomic E-state index is 12.3. The van der Waals surface area contributed by atoms with E-state index in [1.54, 1.807) is 25.1 Å². The number of aromatic nitrogens is 2. The van der Waals surface area contributed by atoms with Gasteiger partial charge in [-0.05, 0) is 36.8 Å².